The average molecular weight is 445 g/mol. The van der Waals surface area contributed by atoms with Crippen molar-refractivity contribution < 1.29 is 13.9 Å². The Bertz CT molecular complexity index is 1240. The predicted molar refractivity (Wildman–Crippen MR) is 121 cm³/mol. The smallest absolute Gasteiger partial charge is 0.258 e. The van der Waals surface area contributed by atoms with E-state index in [1.54, 1.807) is 22.9 Å². The Morgan fingerprint density at radius 1 is 1.18 bits per heavy atom. The Morgan fingerprint density at radius 2 is 1.94 bits per heavy atom. The SMILES string of the molecule is COc1c(C#N)ccc(C2CCCC2)c1C(=O)N1CCc2nn(-c3ccc(F)cc3)cc2C1. The number of amides is 1. The first-order valence-corrected chi connectivity index (χ1v) is 11.3. The molecule has 6 nitrogen and oxygen atoms in total. The molecule has 2 heterocycles. The normalized spacial score (nSPS) is 15.8. The van der Waals surface area contributed by atoms with Gasteiger partial charge in [0, 0.05) is 31.3 Å². The van der Waals surface area contributed by atoms with E-state index in [0.717, 1.165) is 48.2 Å². The number of ether oxygens (including phenoxy) is 1. The van der Waals surface area contributed by atoms with Gasteiger partial charge in [0.15, 0.2) is 0 Å². The average Bonchev–Trinajstić information content (AvgIpc) is 3.52. The number of nitriles is 1. The van der Waals surface area contributed by atoms with Crippen molar-refractivity contribution in [3.8, 4) is 17.5 Å². The maximum absolute atomic E-state index is 13.8. The van der Waals surface area contributed by atoms with Gasteiger partial charge in [0.1, 0.15) is 17.6 Å². The summed E-state index contributed by atoms with van der Waals surface area (Å²) in [7, 11) is 1.52. The quantitative estimate of drug-likeness (QED) is 0.582. The molecule has 0 bridgehead atoms. The summed E-state index contributed by atoms with van der Waals surface area (Å²) in [5.74, 6) is 0.289. The molecule has 2 aliphatic rings. The first-order chi connectivity index (χ1) is 16.1. The Hall–Kier alpha value is -3.66. The van der Waals surface area contributed by atoms with Crippen molar-refractivity contribution in [2.75, 3.05) is 13.7 Å². The summed E-state index contributed by atoms with van der Waals surface area (Å²) in [6.07, 6.45) is 6.93. The zero-order valence-electron chi connectivity index (χ0n) is 18.6. The van der Waals surface area contributed by atoms with Crippen LogP contribution in [0.2, 0.25) is 0 Å². The highest BCUT2D eigenvalue weighted by atomic mass is 19.1. The van der Waals surface area contributed by atoms with Crippen LogP contribution in [0.4, 0.5) is 4.39 Å². The van der Waals surface area contributed by atoms with Crippen LogP contribution in [0.5, 0.6) is 5.75 Å². The molecule has 0 saturated heterocycles. The molecule has 3 aromatic rings. The van der Waals surface area contributed by atoms with E-state index in [9.17, 15) is 14.4 Å². The Labute approximate surface area is 192 Å². The van der Waals surface area contributed by atoms with Crippen LogP contribution in [0.15, 0.2) is 42.6 Å². The molecule has 0 N–H and O–H groups in total. The van der Waals surface area contributed by atoms with E-state index in [1.807, 2.05) is 17.2 Å². The first kappa shape index (κ1) is 21.2. The summed E-state index contributed by atoms with van der Waals surface area (Å²) in [5.41, 5.74) is 4.58. The number of hydrogen-bond donors (Lipinski definition) is 0. The van der Waals surface area contributed by atoms with Gasteiger partial charge in [-0.15, -0.1) is 0 Å². The molecule has 33 heavy (non-hydrogen) atoms. The maximum Gasteiger partial charge on any atom is 0.258 e. The Balaban J connectivity index is 1.47. The second-order valence-corrected chi connectivity index (χ2v) is 8.70. The van der Waals surface area contributed by atoms with Gasteiger partial charge in [0.2, 0.25) is 0 Å². The van der Waals surface area contributed by atoms with Gasteiger partial charge >= 0.3 is 0 Å². The summed E-state index contributed by atoms with van der Waals surface area (Å²) in [6, 6.07) is 12.1. The second kappa shape index (κ2) is 8.70. The topological polar surface area (TPSA) is 71.2 Å². The third kappa shape index (κ3) is 3.86. The number of rotatable bonds is 4. The monoisotopic (exact) mass is 444 g/mol. The first-order valence-electron chi connectivity index (χ1n) is 11.3. The molecule has 1 aliphatic heterocycles. The van der Waals surface area contributed by atoms with Crippen molar-refractivity contribution in [1.29, 1.82) is 5.26 Å². The van der Waals surface area contributed by atoms with Crippen molar-refractivity contribution in [1.82, 2.24) is 14.7 Å². The highest BCUT2D eigenvalue weighted by Crippen LogP contribution is 2.40. The van der Waals surface area contributed by atoms with Crippen LogP contribution >= 0.6 is 0 Å². The van der Waals surface area contributed by atoms with E-state index in [4.69, 9.17) is 4.74 Å². The molecule has 1 saturated carbocycles. The fraction of sp³-hybridized carbons (Fsp3) is 0.346. The van der Waals surface area contributed by atoms with Crippen molar-refractivity contribution in [2.45, 2.75) is 44.6 Å². The van der Waals surface area contributed by atoms with Crippen molar-refractivity contribution in [3.05, 3.63) is 76.4 Å². The van der Waals surface area contributed by atoms with Gasteiger partial charge in [-0.3, -0.25) is 4.79 Å². The van der Waals surface area contributed by atoms with Crippen molar-refractivity contribution in [3.63, 3.8) is 0 Å². The molecule has 0 spiro atoms. The lowest BCUT2D eigenvalue weighted by molar-refractivity contribution is 0.0729. The molecule has 1 fully saturated rings. The van der Waals surface area contributed by atoms with Gasteiger partial charge in [-0.2, -0.15) is 10.4 Å². The summed E-state index contributed by atoms with van der Waals surface area (Å²) >= 11 is 0. The largest absolute Gasteiger partial charge is 0.495 e. The molecule has 5 rings (SSSR count). The van der Waals surface area contributed by atoms with Crippen molar-refractivity contribution >= 4 is 5.91 Å². The van der Waals surface area contributed by atoms with E-state index in [0.29, 0.717) is 42.3 Å². The minimum Gasteiger partial charge on any atom is -0.495 e. The Kier molecular flexibility index (Phi) is 5.59. The molecule has 7 heteroatoms. The third-order valence-corrected chi connectivity index (χ3v) is 6.76. The lowest BCUT2D eigenvalue weighted by Crippen LogP contribution is -2.36. The molecule has 1 aliphatic carbocycles. The number of fused-ring (bicyclic) bond motifs is 1. The van der Waals surface area contributed by atoms with Crippen LogP contribution in [0.25, 0.3) is 5.69 Å². The van der Waals surface area contributed by atoms with Crippen LogP contribution in [0.3, 0.4) is 0 Å². The second-order valence-electron chi connectivity index (χ2n) is 8.70. The molecule has 0 atom stereocenters. The molecule has 2 aromatic carbocycles. The highest BCUT2D eigenvalue weighted by Gasteiger charge is 2.32. The van der Waals surface area contributed by atoms with Crippen LogP contribution < -0.4 is 4.74 Å². The lowest BCUT2D eigenvalue weighted by atomic mass is 9.89. The van der Waals surface area contributed by atoms with E-state index < -0.39 is 0 Å². The third-order valence-electron chi connectivity index (χ3n) is 6.76. The molecule has 1 amide bonds. The Morgan fingerprint density at radius 3 is 2.64 bits per heavy atom. The van der Waals surface area contributed by atoms with Crippen LogP contribution in [0.1, 0.15) is 64.3 Å². The summed E-state index contributed by atoms with van der Waals surface area (Å²) in [6.45, 7) is 0.968. The van der Waals surface area contributed by atoms with Crippen molar-refractivity contribution in [2.24, 2.45) is 0 Å². The standard InChI is InChI=1S/C26H25FN4O2/c1-33-25-18(14-28)6-11-22(17-4-2-3-5-17)24(25)26(32)30-13-12-23-19(15-30)16-31(29-23)21-9-7-20(27)8-10-21/h6-11,16-17H,2-5,12-13,15H2,1H3. The van der Waals surface area contributed by atoms with E-state index in [2.05, 4.69) is 11.2 Å². The van der Waals surface area contributed by atoms with Crippen LogP contribution in [-0.2, 0) is 13.0 Å². The minimum absolute atomic E-state index is 0.106. The molecule has 0 radical (unpaired) electrons. The van der Waals surface area contributed by atoms with E-state index in [1.165, 1.54) is 19.2 Å². The molecular formula is C26H25FN4O2. The number of methoxy groups -OCH3 is 1. The summed E-state index contributed by atoms with van der Waals surface area (Å²) in [4.78, 5) is 15.6. The zero-order chi connectivity index (χ0) is 22.9. The van der Waals surface area contributed by atoms with Gasteiger partial charge < -0.3 is 9.64 Å². The van der Waals surface area contributed by atoms with Crippen LogP contribution in [0, 0.1) is 17.1 Å². The highest BCUT2D eigenvalue weighted by molar-refractivity contribution is 5.99. The fourth-order valence-corrected chi connectivity index (χ4v) is 5.07. The van der Waals surface area contributed by atoms with Gasteiger partial charge in [-0.25, -0.2) is 9.07 Å². The molecule has 168 valence electrons. The molecule has 1 aromatic heterocycles. The van der Waals surface area contributed by atoms with Gasteiger partial charge in [0.05, 0.1) is 29.6 Å². The molecule has 0 unspecified atom stereocenters. The number of carbonyl (C=O) groups excluding carboxylic acids is 1. The van der Waals surface area contributed by atoms with Gasteiger partial charge in [0.25, 0.3) is 5.91 Å². The summed E-state index contributed by atoms with van der Waals surface area (Å²) in [5, 5.41) is 14.2. The fourth-order valence-electron chi connectivity index (χ4n) is 5.07. The van der Waals surface area contributed by atoms with Gasteiger partial charge in [-0.05, 0) is 54.7 Å². The van der Waals surface area contributed by atoms with E-state index >= 15 is 0 Å². The van der Waals surface area contributed by atoms with Crippen LogP contribution in [-0.4, -0.2) is 34.2 Å². The predicted octanol–water partition coefficient (Wildman–Crippen LogP) is 4.75. The number of benzene rings is 2. The molecular weight excluding hydrogens is 419 g/mol. The minimum atomic E-state index is -0.293. The number of aromatic nitrogens is 2. The van der Waals surface area contributed by atoms with Gasteiger partial charge in [-0.1, -0.05) is 18.9 Å². The van der Waals surface area contributed by atoms with E-state index in [-0.39, 0.29) is 11.7 Å². The number of halogens is 1. The lowest BCUT2D eigenvalue weighted by Gasteiger charge is -2.29. The summed E-state index contributed by atoms with van der Waals surface area (Å²) < 4.78 is 20.6. The number of hydrogen-bond acceptors (Lipinski definition) is 4. The zero-order valence-corrected chi connectivity index (χ0v) is 18.6. The number of carbonyl (C=O) groups is 1. The number of nitrogens with zero attached hydrogens (tertiary/aromatic N) is 4. The maximum atomic E-state index is 13.8.